The zero-order chi connectivity index (χ0) is 19.1. The number of rotatable bonds is 4. The number of nitrogens with zero attached hydrogens (tertiary/aromatic N) is 1. The summed E-state index contributed by atoms with van der Waals surface area (Å²) in [5.41, 5.74) is 0. The van der Waals surface area contributed by atoms with E-state index in [4.69, 9.17) is 60.3 Å². The van der Waals surface area contributed by atoms with E-state index in [1.807, 2.05) is 0 Å². The van der Waals surface area contributed by atoms with Crippen molar-refractivity contribution in [3.8, 4) is 0 Å². The Labute approximate surface area is 168 Å². The average molecular weight is 441 g/mol. The lowest BCUT2D eigenvalue weighted by Gasteiger charge is -2.42. The lowest BCUT2D eigenvalue weighted by molar-refractivity contribution is -0.222. The highest BCUT2D eigenvalue weighted by Gasteiger charge is 2.89. The first-order chi connectivity index (χ1) is 12.2. The number of fused-ring (bicyclic) bond motifs is 5. The first-order valence-corrected chi connectivity index (χ1v) is 9.15. The van der Waals surface area contributed by atoms with Crippen LogP contribution in [0.3, 0.4) is 0 Å². The van der Waals surface area contributed by atoms with Crippen molar-refractivity contribution in [2.24, 2.45) is 11.8 Å². The van der Waals surface area contributed by atoms with Gasteiger partial charge < -0.3 is 13.9 Å². The third kappa shape index (κ3) is 1.70. The summed E-state index contributed by atoms with van der Waals surface area (Å²) >= 11 is 26.4. The molecule has 1 saturated heterocycles. The summed E-state index contributed by atoms with van der Waals surface area (Å²) in [6.07, 6.45) is 1.45. The molecule has 2 bridgehead atoms. The Morgan fingerprint density at radius 1 is 1.08 bits per heavy atom. The molecule has 1 saturated carbocycles. The van der Waals surface area contributed by atoms with E-state index in [1.165, 1.54) is 20.5 Å². The zero-order valence-corrected chi connectivity index (χ0v) is 16.6. The summed E-state index contributed by atoms with van der Waals surface area (Å²) in [5.74, 6) is -4.56. The summed E-state index contributed by atoms with van der Waals surface area (Å²) in [7, 11) is 2.63. The number of methoxy groups -OCH3 is 2. The molecule has 0 radical (unpaired) electrons. The van der Waals surface area contributed by atoms with Crippen molar-refractivity contribution in [1.29, 1.82) is 0 Å². The number of hydrogen-bond acceptors (Lipinski definition) is 5. The molecule has 0 aromatic carbocycles. The number of likely N-dealkylation sites (tertiary alicyclic amines) is 1. The van der Waals surface area contributed by atoms with E-state index in [-0.39, 0.29) is 16.6 Å². The van der Waals surface area contributed by atoms with Crippen LogP contribution in [0.15, 0.2) is 32.9 Å². The van der Waals surface area contributed by atoms with Crippen LogP contribution in [0.5, 0.6) is 0 Å². The molecule has 2 heterocycles. The van der Waals surface area contributed by atoms with Crippen LogP contribution < -0.4 is 0 Å². The number of carbonyl (C=O) groups is 2. The largest absolute Gasteiger partial charge is 0.467 e. The van der Waals surface area contributed by atoms with E-state index in [2.05, 4.69) is 0 Å². The summed E-state index contributed by atoms with van der Waals surface area (Å²) in [5, 5.41) is -0.108. The van der Waals surface area contributed by atoms with Gasteiger partial charge in [-0.2, -0.15) is 0 Å². The van der Waals surface area contributed by atoms with Crippen LogP contribution >= 0.6 is 46.4 Å². The number of alkyl halides is 2. The Bertz CT molecular complexity index is 790. The molecule has 2 fully saturated rings. The molecule has 4 atom stereocenters. The molecule has 6 nitrogen and oxygen atoms in total. The SMILES string of the molecule is COC1(OC)[C@@]2(Cl)C(Cl)=C(Cl)[C@]1(Cl)[C@H]1C(=O)N(Cc3ccco3)C(=O)[C@@H]12. The van der Waals surface area contributed by atoms with Gasteiger partial charge in [0.25, 0.3) is 0 Å². The first-order valence-electron chi connectivity index (χ1n) is 7.64. The molecule has 140 valence electrons. The predicted molar refractivity (Wildman–Crippen MR) is 93.9 cm³/mol. The van der Waals surface area contributed by atoms with Gasteiger partial charge in [0.15, 0.2) is 0 Å². The van der Waals surface area contributed by atoms with E-state index < -0.39 is 39.2 Å². The van der Waals surface area contributed by atoms with Crippen LogP contribution in [0.25, 0.3) is 0 Å². The predicted octanol–water partition coefficient (Wildman–Crippen LogP) is 3.04. The van der Waals surface area contributed by atoms with E-state index >= 15 is 0 Å². The van der Waals surface area contributed by atoms with Crippen molar-refractivity contribution in [2.75, 3.05) is 14.2 Å². The van der Waals surface area contributed by atoms with Crippen molar-refractivity contribution in [1.82, 2.24) is 4.90 Å². The van der Waals surface area contributed by atoms with Gasteiger partial charge in [0.05, 0.1) is 34.7 Å². The van der Waals surface area contributed by atoms with Crippen LogP contribution in [-0.2, 0) is 25.6 Å². The number of amides is 2. The molecule has 0 spiro atoms. The minimum Gasteiger partial charge on any atom is -0.467 e. The normalized spacial score (nSPS) is 37.8. The summed E-state index contributed by atoms with van der Waals surface area (Å²) < 4.78 is 16.3. The number of furan rings is 1. The van der Waals surface area contributed by atoms with Gasteiger partial charge in [0.2, 0.25) is 17.6 Å². The highest BCUT2D eigenvalue weighted by atomic mass is 35.5. The molecule has 2 aliphatic carbocycles. The third-order valence-corrected chi connectivity index (χ3v) is 8.12. The number of halogens is 4. The lowest BCUT2D eigenvalue weighted by Crippen LogP contribution is -2.60. The van der Waals surface area contributed by atoms with Crippen molar-refractivity contribution in [3.63, 3.8) is 0 Å². The second-order valence-corrected chi connectivity index (χ2v) is 8.32. The summed E-state index contributed by atoms with van der Waals surface area (Å²) in [6.45, 7) is -0.0419. The molecule has 0 N–H and O–H groups in total. The number of imide groups is 1. The Balaban J connectivity index is 1.86. The van der Waals surface area contributed by atoms with E-state index in [0.29, 0.717) is 5.76 Å². The van der Waals surface area contributed by atoms with Crippen LogP contribution in [0.4, 0.5) is 0 Å². The molecule has 26 heavy (non-hydrogen) atoms. The molecule has 4 rings (SSSR count). The van der Waals surface area contributed by atoms with Gasteiger partial charge >= 0.3 is 0 Å². The Kier molecular flexibility index (Phi) is 4.02. The minimum absolute atomic E-state index is 0.0419. The molecule has 1 aliphatic heterocycles. The minimum atomic E-state index is -1.77. The van der Waals surface area contributed by atoms with Crippen LogP contribution in [0, 0.1) is 11.8 Å². The smallest absolute Gasteiger partial charge is 0.235 e. The lowest BCUT2D eigenvalue weighted by atomic mass is 9.84. The highest BCUT2D eigenvalue weighted by molar-refractivity contribution is 6.53. The Hall–Kier alpha value is -0.760. The van der Waals surface area contributed by atoms with Gasteiger partial charge in [-0.15, -0.1) is 23.2 Å². The van der Waals surface area contributed by atoms with Gasteiger partial charge in [-0.3, -0.25) is 14.5 Å². The Morgan fingerprint density at radius 2 is 1.58 bits per heavy atom. The summed E-state index contributed by atoms with van der Waals surface area (Å²) in [4.78, 5) is 23.8. The molecule has 0 unspecified atom stereocenters. The number of ether oxygens (including phenoxy) is 2. The second kappa shape index (κ2) is 5.63. The van der Waals surface area contributed by atoms with Gasteiger partial charge in [-0.05, 0) is 12.1 Å². The average Bonchev–Trinajstić information content (AvgIpc) is 3.29. The third-order valence-electron chi connectivity index (χ3n) is 5.51. The van der Waals surface area contributed by atoms with Crippen LogP contribution in [0.2, 0.25) is 0 Å². The standard InChI is InChI=1S/C16H13Cl4NO5/c1-24-16(25-2)14(19)8-9(15(16,20)11(18)10(14)17)13(23)21(12(8)22)6-7-4-3-5-26-7/h3-5,8-9H,6H2,1-2H3/t8-,9-,14-,15+/m1/s1. The second-order valence-electron chi connectivity index (χ2n) is 6.37. The molecular formula is C16H13Cl4NO5. The van der Waals surface area contributed by atoms with Gasteiger partial charge in [0, 0.05) is 14.2 Å². The maximum atomic E-state index is 13.1. The van der Waals surface area contributed by atoms with Crippen molar-refractivity contribution in [3.05, 3.63) is 34.2 Å². The monoisotopic (exact) mass is 439 g/mol. The Morgan fingerprint density at radius 3 is 1.96 bits per heavy atom. The van der Waals surface area contributed by atoms with Crippen LogP contribution in [0.1, 0.15) is 5.76 Å². The van der Waals surface area contributed by atoms with Crippen LogP contribution in [-0.4, -0.2) is 46.5 Å². The number of hydrogen-bond donors (Lipinski definition) is 0. The highest BCUT2D eigenvalue weighted by Crippen LogP contribution is 2.75. The van der Waals surface area contributed by atoms with Crippen molar-refractivity contribution >= 4 is 58.2 Å². The van der Waals surface area contributed by atoms with Crippen molar-refractivity contribution in [2.45, 2.75) is 22.1 Å². The maximum absolute atomic E-state index is 13.1. The fraction of sp³-hybridized carbons (Fsp3) is 0.500. The zero-order valence-electron chi connectivity index (χ0n) is 13.6. The molecule has 1 aromatic rings. The number of carbonyl (C=O) groups excluding carboxylic acids is 2. The van der Waals surface area contributed by atoms with E-state index in [1.54, 1.807) is 12.1 Å². The van der Waals surface area contributed by atoms with Gasteiger partial charge in [0.1, 0.15) is 15.5 Å². The van der Waals surface area contributed by atoms with E-state index in [9.17, 15) is 9.59 Å². The van der Waals surface area contributed by atoms with Crippen molar-refractivity contribution < 1.29 is 23.5 Å². The molecular weight excluding hydrogens is 428 g/mol. The molecule has 3 aliphatic rings. The van der Waals surface area contributed by atoms with Gasteiger partial charge in [-0.25, -0.2) is 0 Å². The molecule has 1 aromatic heterocycles. The fourth-order valence-electron chi connectivity index (χ4n) is 4.48. The quantitative estimate of drug-likeness (QED) is 0.409. The fourth-order valence-corrected chi connectivity index (χ4v) is 6.64. The maximum Gasteiger partial charge on any atom is 0.235 e. The topological polar surface area (TPSA) is 69.0 Å². The molecule has 10 heteroatoms. The molecule has 2 amide bonds. The van der Waals surface area contributed by atoms with E-state index in [0.717, 1.165) is 4.90 Å². The first kappa shape index (κ1) is 18.6. The van der Waals surface area contributed by atoms with Gasteiger partial charge in [-0.1, -0.05) is 23.2 Å². The summed E-state index contributed by atoms with van der Waals surface area (Å²) in [6, 6.07) is 3.32.